The van der Waals surface area contributed by atoms with Crippen LogP contribution in [0.15, 0.2) is 12.1 Å². The van der Waals surface area contributed by atoms with E-state index in [-0.39, 0.29) is 0 Å². The molecule has 2 rings (SSSR count). The Morgan fingerprint density at radius 1 is 0.958 bits per heavy atom. The van der Waals surface area contributed by atoms with Crippen molar-refractivity contribution in [2.45, 2.75) is 60.4 Å². The van der Waals surface area contributed by atoms with Gasteiger partial charge in [-0.05, 0) is 51.7 Å². The lowest BCUT2D eigenvalue weighted by molar-refractivity contribution is 0.668. The van der Waals surface area contributed by atoms with Crippen molar-refractivity contribution in [1.82, 2.24) is 9.97 Å². The summed E-state index contributed by atoms with van der Waals surface area (Å²) in [5, 5.41) is 6.98. The molecule has 0 amide bonds. The van der Waals surface area contributed by atoms with Gasteiger partial charge in [-0.25, -0.2) is 9.97 Å². The second-order valence-electron chi connectivity index (χ2n) is 6.44. The van der Waals surface area contributed by atoms with E-state index in [1.54, 1.807) is 0 Å². The predicted molar refractivity (Wildman–Crippen MR) is 103 cm³/mol. The molecular formula is C19H29N5. The van der Waals surface area contributed by atoms with Gasteiger partial charge in [-0.15, -0.1) is 0 Å². The molecule has 5 nitrogen and oxygen atoms in total. The van der Waals surface area contributed by atoms with E-state index in [9.17, 15) is 0 Å². The van der Waals surface area contributed by atoms with Gasteiger partial charge < -0.3 is 16.4 Å². The Balaban J connectivity index is 2.46. The van der Waals surface area contributed by atoms with E-state index in [1.165, 1.54) is 16.7 Å². The van der Waals surface area contributed by atoms with Crippen molar-refractivity contribution in [3.8, 4) is 0 Å². The number of anilines is 4. The molecule has 5 heteroatoms. The molecule has 0 aliphatic heterocycles. The maximum absolute atomic E-state index is 6.21. The van der Waals surface area contributed by atoms with Crippen LogP contribution in [0.4, 0.5) is 23.0 Å². The summed E-state index contributed by atoms with van der Waals surface area (Å²) in [7, 11) is 0. The summed E-state index contributed by atoms with van der Waals surface area (Å²) in [5.74, 6) is 1.91. The first-order chi connectivity index (χ1) is 11.3. The highest BCUT2D eigenvalue weighted by molar-refractivity contribution is 5.82. The quantitative estimate of drug-likeness (QED) is 0.721. The molecule has 130 valence electrons. The Bertz CT molecular complexity index is 697. The molecule has 4 N–H and O–H groups in total. The number of nitrogens with two attached hydrogens (primary N) is 1. The van der Waals surface area contributed by atoms with E-state index in [2.05, 4.69) is 67.4 Å². The number of aryl methyl sites for hydroxylation is 4. The first kappa shape index (κ1) is 18.0. The molecule has 0 unspecified atom stereocenters. The third-order valence-corrected chi connectivity index (χ3v) is 4.30. The second-order valence-corrected chi connectivity index (χ2v) is 6.44. The van der Waals surface area contributed by atoms with Crippen molar-refractivity contribution in [2.24, 2.45) is 0 Å². The average Bonchev–Trinajstić information content (AvgIpc) is 2.49. The number of nitrogen functional groups attached to an aromatic ring is 1. The number of hydrogen-bond donors (Lipinski definition) is 3. The topological polar surface area (TPSA) is 75.9 Å². The van der Waals surface area contributed by atoms with Gasteiger partial charge in [0.25, 0.3) is 0 Å². The molecule has 1 heterocycles. The molecule has 0 radical (unpaired) electrons. The van der Waals surface area contributed by atoms with Crippen molar-refractivity contribution in [3.05, 3.63) is 34.6 Å². The predicted octanol–water partition coefficient (Wildman–Crippen LogP) is 4.64. The Morgan fingerprint density at radius 2 is 1.54 bits per heavy atom. The number of aromatic nitrogens is 2. The largest absolute Gasteiger partial charge is 0.382 e. The van der Waals surface area contributed by atoms with Crippen LogP contribution in [0.3, 0.4) is 0 Å². The number of benzene rings is 1. The van der Waals surface area contributed by atoms with Crippen LogP contribution in [0.1, 0.15) is 49.2 Å². The summed E-state index contributed by atoms with van der Waals surface area (Å²) in [6.45, 7) is 12.5. The highest BCUT2D eigenvalue weighted by Crippen LogP contribution is 2.33. The smallest absolute Gasteiger partial charge is 0.155 e. The maximum atomic E-state index is 6.21. The van der Waals surface area contributed by atoms with Crippen molar-refractivity contribution >= 4 is 23.0 Å². The minimum atomic E-state index is 0.361. The van der Waals surface area contributed by atoms with E-state index in [4.69, 9.17) is 5.73 Å². The molecule has 0 aliphatic rings. The first-order valence-corrected chi connectivity index (χ1v) is 8.61. The SMILES string of the molecule is CCC(CC)Nc1nc(C)nc(N)c1Nc1c(C)cc(C)cc1C. The highest BCUT2D eigenvalue weighted by Gasteiger charge is 2.16. The van der Waals surface area contributed by atoms with Crippen LogP contribution < -0.4 is 16.4 Å². The maximum Gasteiger partial charge on any atom is 0.155 e. The van der Waals surface area contributed by atoms with Gasteiger partial charge >= 0.3 is 0 Å². The highest BCUT2D eigenvalue weighted by atomic mass is 15.1. The fraction of sp³-hybridized carbons (Fsp3) is 0.474. The number of nitrogens with zero attached hydrogens (tertiary/aromatic N) is 2. The molecular weight excluding hydrogens is 298 g/mol. The van der Waals surface area contributed by atoms with E-state index in [0.29, 0.717) is 17.7 Å². The molecule has 0 aliphatic carbocycles. The fourth-order valence-electron chi connectivity index (χ4n) is 3.01. The summed E-state index contributed by atoms with van der Waals surface area (Å²) >= 11 is 0. The minimum absolute atomic E-state index is 0.361. The van der Waals surface area contributed by atoms with Crippen LogP contribution in [-0.4, -0.2) is 16.0 Å². The number of hydrogen-bond acceptors (Lipinski definition) is 5. The molecule has 0 bridgehead atoms. The minimum Gasteiger partial charge on any atom is -0.382 e. The Kier molecular flexibility index (Phi) is 5.65. The fourth-order valence-corrected chi connectivity index (χ4v) is 3.01. The zero-order chi connectivity index (χ0) is 17.9. The Morgan fingerprint density at radius 3 is 2.08 bits per heavy atom. The second kappa shape index (κ2) is 7.51. The molecule has 0 saturated carbocycles. The van der Waals surface area contributed by atoms with Gasteiger partial charge in [0.15, 0.2) is 11.6 Å². The van der Waals surface area contributed by atoms with E-state index in [0.717, 1.165) is 30.0 Å². The van der Waals surface area contributed by atoms with Gasteiger partial charge in [-0.1, -0.05) is 31.5 Å². The standard InChI is InChI=1S/C19H29N5/c1-7-15(8-2)23-19-17(18(20)21-14(6)22-19)24-16-12(4)9-11(3)10-13(16)5/h9-10,15,24H,7-8H2,1-6H3,(H3,20,21,22,23). The van der Waals surface area contributed by atoms with Crippen LogP contribution in [-0.2, 0) is 0 Å². The molecule has 0 spiro atoms. The average molecular weight is 327 g/mol. The number of nitrogens with one attached hydrogen (secondary N) is 2. The van der Waals surface area contributed by atoms with Crippen LogP contribution in [0, 0.1) is 27.7 Å². The Labute approximate surface area is 145 Å². The molecule has 0 saturated heterocycles. The normalized spacial score (nSPS) is 11.0. The molecule has 1 aromatic carbocycles. The van der Waals surface area contributed by atoms with E-state index in [1.807, 2.05) is 6.92 Å². The zero-order valence-corrected chi connectivity index (χ0v) is 15.6. The summed E-state index contributed by atoms with van der Waals surface area (Å²) in [6.07, 6.45) is 2.06. The Hall–Kier alpha value is -2.30. The van der Waals surface area contributed by atoms with Gasteiger partial charge in [0.05, 0.1) is 0 Å². The molecule has 1 aromatic heterocycles. The van der Waals surface area contributed by atoms with Gasteiger partial charge in [0, 0.05) is 11.7 Å². The zero-order valence-electron chi connectivity index (χ0n) is 15.6. The molecule has 24 heavy (non-hydrogen) atoms. The number of rotatable bonds is 6. The van der Waals surface area contributed by atoms with Gasteiger partial charge in [-0.2, -0.15) is 0 Å². The lowest BCUT2D eigenvalue weighted by Crippen LogP contribution is -2.20. The summed E-state index contributed by atoms with van der Waals surface area (Å²) < 4.78 is 0. The molecule has 0 fully saturated rings. The lowest BCUT2D eigenvalue weighted by atomic mass is 10.0. The van der Waals surface area contributed by atoms with Gasteiger partial charge in [0.2, 0.25) is 0 Å². The van der Waals surface area contributed by atoms with Crippen molar-refractivity contribution in [3.63, 3.8) is 0 Å². The van der Waals surface area contributed by atoms with Crippen LogP contribution in [0.2, 0.25) is 0 Å². The van der Waals surface area contributed by atoms with Gasteiger partial charge in [-0.3, -0.25) is 0 Å². The monoisotopic (exact) mass is 327 g/mol. The van der Waals surface area contributed by atoms with E-state index < -0.39 is 0 Å². The third kappa shape index (κ3) is 3.96. The molecule has 2 aromatic rings. The van der Waals surface area contributed by atoms with Crippen molar-refractivity contribution < 1.29 is 0 Å². The summed E-state index contributed by atoms with van der Waals surface area (Å²) in [6, 6.07) is 4.68. The van der Waals surface area contributed by atoms with Crippen molar-refractivity contribution in [2.75, 3.05) is 16.4 Å². The lowest BCUT2D eigenvalue weighted by Gasteiger charge is -2.21. The van der Waals surface area contributed by atoms with Crippen LogP contribution in [0.25, 0.3) is 0 Å². The van der Waals surface area contributed by atoms with Gasteiger partial charge in [0.1, 0.15) is 11.5 Å². The van der Waals surface area contributed by atoms with Crippen molar-refractivity contribution in [1.29, 1.82) is 0 Å². The third-order valence-electron chi connectivity index (χ3n) is 4.30. The first-order valence-electron chi connectivity index (χ1n) is 8.61. The van der Waals surface area contributed by atoms with Crippen LogP contribution in [0.5, 0.6) is 0 Å². The summed E-state index contributed by atoms with van der Waals surface area (Å²) in [4.78, 5) is 8.91. The van der Waals surface area contributed by atoms with Crippen LogP contribution >= 0.6 is 0 Å². The van der Waals surface area contributed by atoms with E-state index >= 15 is 0 Å². The molecule has 0 atom stereocenters. The summed E-state index contributed by atoms with van der Waals surface area (Å²) in [5.41, 5.74) is 11.6.